The van der Waals surface area contributed by atoms with Gasteiger partial charge in [-0.05, 0) is 61.1 Å². The van der Waals surface area contributed by atoms with Crippen LogP contribution >= 0.6 is 11.3 Å². The summed E-state index contributed by atoms with van der Waals surface area (Å²) in [7, 11) is 0. The van der Waals surface area contributed by atoms with E-state index in [0.717, 1.165) is 24.9 Å². The van der Waals surface area contributed by atoms with Crippen LogP contribution in [0.2, 0.25) is 0 Å². The van der Waals surface area contributed by atoms with Gasteiger partial charge < -0.3 is 24.8 Å². The van der Waals surface area contributed by atoms with E-state index in [-0.39, 0.29) is 36.0 Å². The Labute approximate surface area is 182 Å². The highest BCUT2D eigenvalue weighted by Crippen LogP contribution is 2.40. The molecule has 30 heavy (non-hydrogen) atoms. The van der Waals surface area contributed by atoms with Crippen LogP contribution < -0.4 is 5.32 Å². The number of allylic oxidation sites excluding steroid dienone is 1. The lowest BCUT2D eigenvalue weighted by Gasteiger charge is -2.36. The molecule has 0 saturated carbocycles. The number of likely N-dealkylation sites (tertiary alicyclic amines) is 1. The van der Waals surface area contributed by atoms with Crippen molar-refractivity contribution in [3.8, 4) is 0 Å². The van der Waals surface area contributed by atoms with Gasteiger partial charge in [0.15, 0.2) is 5.76 Å². The van der Waals surface area contributed by atoms with E-state index in [9.17, 15) is 14.7 Å². The molecule has 0 spiro atoms. The summed E-state index contributed by atoms with van der Waals surface area (Å²) in [5.74, 6) is 0.252. The van der Waals surface area contributed by atoms with Gasteiger partial charge in [0.25, 0.3) is 5.91 Å². The average Bonchev–Trinajstić information content (AvgIpc) is 3.42. The minimum Gasteiger partial charge on any atom is -0.459 e. The molecule has 1 aromatic rings. The number of hydrogen-bond acceptors (Lipinski definition) is 6. The van der Waals surface area contributed by atoms with Crippen LogP contribution in [0.5, 0.6) is 0 Å². The Balaban J connectivity index is 1.64. The van der Waals surface area contributed by atoms with E-state index in [0.29, 0.717) is 39.0 Å². The van der Waals surface area contributed by atoms with Crippen molar-refractivity contribution in [3.05, 3.63) is 34.2 Å². The van der Waals surface area contributed by atoms with Gasteiger partial charge in [-0.15, -0.1) is 0 Å². The molecule has 3 heterocycles. The number of nitrogens with one attached hydrogen (secondary N) is 1. The van der Waals surface area contributed by atoms with E-state index in [1.54, 1.807) is 11.3 Å². The summed E-state index contributed by atoms with van der Waals surface area (Å²) in [6.07, 6.45) is 5.03. The number of nitrogens with zero attached hydrogens (tertiary/aromatic N) is 1. The number of hydrogen-bond donors (Lipinski definition) is 2. The number of rotatable bonds is 11. The van der Waals surface area contributed by atoms with Gasteiger partial charge in [0.1, 0.15) is 0 Å². The Morgan fingerprint density at radius 1 is 1.43 bits per heavy atom. The summed E-state index contributed by atoms with van der Waals surface area (Å²) in [4.78, 5) is 26.3. The monoisotopic (exact) mass is 436 g/mol. The fourth-order valence-corrected chi connectivity index (χ4v) is 4.82. The molecule has 3 atom stereocenters. The number of thiophene rings is 1. The first-order valence-electron chi connectivity index (χ1n) is 10.8. The molecule has 2 aliphatic rings. The van der Waals surface area contributed by atoms with Gasteiger partial charge in [0.05, 0.1) is 0 Å². The van der Waals surface area contributed by atoms with Crippen molar-refractivity contribution >= 4 is 23.2 Å². The molecule has 2 N–H and O–H groups in total. The smallest absolute Gasteiger partial charge is 0.286 e. The maximum absolute atomic E-state index is 12.8. The van der Waals surface area contributed by atoms with Gasteiger partial charge in [0.2, 0.25) is 12.2 Å². The second-order valence-corrected chi connectivity index (χ2v) is 8.46. The van der Waals surface area contributed by atoms with Crippen molar-refractivity contribution in [2.24, 2.45) is 5.92 Å². The van der Waals surface area contributed by atoms with Crippen LogP contribution in [0.1, 0.15) is 50.5 Å². The van der Waals surface area contributed by atoms with Crippen LogP contribution in [0.15, 0.2) is 28.7 Å². The van der Waals surface area contributed by atoms with Crippen LogP contribution in [-0.4, -0.2) is 61.0 Å². The number of carbonyl (C=O) groups excluding carboxylic acids is 2. The molecular formula is C22H32N2O5S. The minimum atomic E-state index is -0.528. The Bertz CT molecular complexity index is 721. The van der Waals surface area contributed by atoms with Gasteiger partial charge in [0, 0.05) is 51.1 Å². The topological polar surface area (TPSA) is 88.1 Å². The van der Waals surface area contributed by atoms with Crippen LogP contribution in [0, 0.1) is 5.92 Å². The van der Waals surface area contributed by atoms with E-state index in [4.69, 9.17) is 9.47 Å². The second-order valence-electron chi connectivity index (χ2n) is 7.68. The van der Waals surface area contributed by atoms with Gasteiger partial charge >= 0.3 is 0 Å². The van der Waals surface area contributed by atoms with Crippen molar-refractivity contribution in [2.75, 3.05) is 32.8 Å². The maximum atomic E-state index is 12.8. The number of aliphatic hydroxyl groups excluding tert-OH is 1. The molecule has 0 radical (unpaired) electrons. The van der Waals surface area contributed by atoms with Gasteiger partial charge in [-0.25, -0.2) is 0 Å². The Hall–Kier alpha value is -1.90. The lowest BCUT2D eigenvalue weighted by atomic mass is 9.81. The summed E-state index contributed by atoms with van der Waals surface area (Å²) in [6, 6.07) is 2.06. The van der Waals surface area contributed by atoms with Crippen molar-refractivity contribution in [1.82, 2.24) is 10.2 Å². The van der Waals surface area contributed by atoms with E-state index in [2.05, 4.69) is 16.8 Å². The minimum absolute atomic E-state index is 0.00364. The predicted octanol–water partition coefficient (Wildman–Crippen LogP) is 2.63. The molecule has 0 bridgehead atoms. The highest BCUT2D eigenvalue weighted by Gasteiger charge is 2.37. The lowest BCUT2D eigenvalue weighted by Crippen LogP contribution is -2.39. The number of carbonyl (C=O) groups is 2. The van der Waals surface area contributed by atoms with Gasteiger partial charge in [-0.3, -0.25) is 9.59 Å². The maximum Gasteiger partial charge on any atom is 0.286 e. The Morgan fingerprint density at radius 2 is 2.30 bits per heavy atom. The van der Waals surface area contributed by atoms with E-state index >= 15 is 0 Å². The third-order valence-electron chi connectivity index (χ3n) is 5.63. The summed E-state index contributed by atoms with van der Waals surface area (Å²) < 4.78 is 11.8. The zero-order chi connectivity index (χ0) is 21.3. The molecular weight excluding hydrogens is 404 g/mol. The fraction of sp³-hybridized carbons (Fsp3) is 0.636. The van der Waals surface area contributed by atoms with Crippen molar-refractivity contribution in [3.63, 3.8) is 0 Å². The van der Waals surface area contributed by atoms with Crippen molar-refractivity contribution in [1.29, 1.82) is 0 Å². The molecule has 2 amide bonds. The Morgan fingerprint density at radius 3 is 2.97 bits per heavy atom. The highest BCUT2D eigenvalue weighted by atomic mass is 32.1. The molecule has 0 aromatic carbocycles. The Kier molecular flexibility index (Phi) is 8.72. The normalized spacial score (nSPS) is 23.9. The van der Waals surface area contributed by atoms with Crippen LogP contribution in [0.25, 0.3) is 0 Å². The summed E-state index contributed by atoms with van der Waals surface area (Å²) in [5, 5.41) is 16.3. The molecule has 3 rings (SSSR count). The number of aliphatic hydroxyl groups is 1. The largest absolute Gasteiger partial charge is 0.459 e. The summed E-state index contributed by atoms with van der Waals surface area (Å²) in [5.41, 5.74) is 1.13. The highest BCUT2D eigenvalue weighted by molar-refractivity contribution is 7.08. The number of amides is 2. The third kappa shape index (κ3) is 5.83. The van der Waals surface area contributed by atoms with Crippen LogP contribution in [-0.2, 0) is 19.1 Å². The number of ether oxygens (including phenoxy) is 2. The van der Waals surface area contributed by atoms with E-state index in [1.807, 2.05) is 23.3 Å². The van der Waals surface area contributed by atoms with E-state index < -0.39 is 6.29 Å². The molecule has 1 fully saturated rings. The molecule has 2 aliphatic heterocycles. The molecule has 7 nitrogen and oxygen atoms in total. The van der Waals surface area contributed by atoms with Crippen LogP contribution in [0.3, 0.4) is 0 Å². The molecule has 0 unspecified atom stereocenters. The molecule has 8 heteroatoms. The summed E-state index contributed by atoms with van der Waals surface area (Å²) in [6.45, 7) is 4.47. The van der Waals surface area contributed by atoms with E-state index in [1.165, 1.54) is 0 Å². The molecule has 166 valence electrons. The standard InChI is InChI=1S/C22H32N2O5S/c1-2-28-22-17(6-4-12-25)18(16-8-13-30-15-16)14-19(29-22)21(27)23-9-5-11-24-10-3-7-20(24)26/h8,13-15,17-18,22,25H,2-7,9-12H2,1H3,(H,23,27)/t17-,18+,22+/m1/s1. The first-order valence-corrected chi connectivity index (χ1v) is 11.8. The zero-order valence-corrected chi connectivity index (χ0v) is 18.4. The fourth-order valence-electron chi connectivity index (χ4n) is 4.11. The molecule has 1 saturated heterocycles. The van der Waals surface area contributed by atoms with Crippen molar-refractivity contribution < 1.29 is 24.2 Å². The van der Waals surface area contributed by atoms with Crippen LogP contribution in [0.4, 0.5) is 0 Å². The average molecular weight is 437 g/mol. The predicted molar refractivity (Wildman–Crippen MR) is 115 cm³/mol. The molecule has 1 aromatic heterocycles. The van der Waals surface area contributed by atoms with Gasteiger partial charge in [-0.2, -0.15) is 11.3 Å². The second kappa shape index (κ2) is 11.5. The SMILES string of the molecule is CCO[C@H]1OC(C(=O)NCCCN2CCCC2=O)=C[C@@H](c2ccsc2)[C@H]1CCCO. The third-order valence-corrected chi connectivity index (χ3v) is 6.33. The first-order chi connectivity index (χ1) is 14.6. The zero-order valence-electron chi connectivity index (χ0n) is 17.5. The van der Waals surface area contributed by atoms with Gasteiger partial charge in [-0.1, -0.05) is 0 Å². The quantitative estimate of drug-likeness (QED) is 0.521. The molecule has 0 aliphatic carbocycles. The summed E-state index contributed by atoms with van der Waals surface area (Å²) >= 11 is 1.62. The van der Waals surface area contributed by atoms with Crippen molar-refractivity contribution in [2.45, 2.75) is 51.2 Å². The lowest BCUT2D eigenvalue weighted by molar-refractivity contribution is -0.166. The first kappa shape index (κ1) is 22.8.